The number of hydrogen-bond donors (Lipinski definition) is 1. The molecule has 2 fully saturated rings. The molecule has 76 valence electrons. The van der Waals surface area contributed by atoms with Crippen LogP contribution < -0.4 is 5.32 Å². The number of hydrogen-bond acceptors (Lipinski definition) is 2. The Labute approximate surface area is 77.3 Å². The van der Waals surface area contributed by atoms with E-state index in [9.17, 15) is 8.78 Å². The van der Waals surface area contributed by atoms with Crippen LogP contribution in [0.2, 0.25) is 0 Å². The Morgan fingerprint density at radius 1 is 1.00 bits per heavy atom. The Kier molecular flexibility index (Phi) is 2.79. The van der Waals surface area contributed by atoms with Gasteiger partial charge in [0.25, 0.3) is 0 Å². The highest BCUT2D eigenvalue weighted by Crippen LogP contribution is 2.22. The minimum Gasteiger partial charge on any atom is -0.317 e. The SMILES string of the molecule is FC1CN(C2CCNCC2)CC1F. The van der Waals surface area contributed by atoms with Crippen LogP contribution in [0.3, 0.4) is 0 Å². The summed E-state index contributed by atoms with van der Waals surface area (Å²) in [6, 6.07) is 0.403. The van der Waals surface area contributed by atoms with Crippen LogP contribution in [-0.2, 0) is 0 Å². The van der Waals surface area contributed by atoms with E-state index < -0.39 is 12.3 Å². The lowest BCUT2D eigenvalue weighted by molar-refractivity contribution is 0.183. The van der Waals surface area contributed by atoms with Crippen LogP contribution in [0.25, 0.3) is 0 Å². The van der Waals surface area contributed by atoms with Gasteiger partial charge in [0.05, 0.1) is 0 Å². The molecule has 13 heavy (non-hydrogen) atoms. The normalized spacial score (nSPS) is 38.3. The lowest BCUT2D eigenvalue weighted by Gasteiger charge is -2.30. The Balaban J connectivity index is 1.87. The second kappa shape index (κ2) is 3.88. The van der Waals surface area contributed by atoms with Crippen molar-refractivity contribution in [2.75, 3.05) is 26.2 Å². The van der Waals surface area contributed by atoms with Crippen molar-refractivity contribution in [3.8, 4) is 0 Å². The average molecular weight is 190 g/mol. The minimum atomic E-state index is -1.25. The number of piperidine rings is 1. The lowest BCUT2D eigenvalue weighted by Crippen LogP contribution is -2.42. The van der Waals surface area contributed by atoms with Crippen LogP contribution in [0.1, 0.15) is 12.8 Å². The van der Waals surface area contributed by atoms with Crippen LogP contribution in [0.15, 0.2) is 0 Å². The number of nitrogens with one attached hydrogen (secondary N) is 1. The second-order valence-electron chi connectivity index (χ2n) is 3.97. The van der Waals surface area contributed by atoms with Gasteiger partial charge < -0.3 is 5.32 Å². The fourth-order valence-corrected chi connectivity index (χ4v) is 2.22. The predicted molar refractivity (Wildman–Crippen MR) is 47.3 cm³/mol. The molecule has 0 amide bonds. The van der Waals surface area contributed by atoms with Crippen LogP contribution in [0, 0.1) is 0 Å². The smallest absolute Gasteiger partial charge is 0.145 e. The van der Waals surface area contributed by atoms with Gasteiger partial charge in [0, 0.05) is 19.1 Å². The van der Waals surface area contributed by atoms with E-state index in [2.05, 4.69) is 5.32 Å². The van der Waals surface area contributed by atoms with E-state index in [1.165, 1.54) is 0 Å². The average Bonchev–Trinajstić information content (AvgIpc) is 2.49. The van der Waals surface area contributed by atoms with Gasteiger partial charge in [0.1, 0.15) is 12.3 Å². The molecular formula is C9H16F2N2. The predicted octanol–water partition coefficient (Wildman–Crippen LogP) is 0.730. The second-order valence-corrected chi connectivity index (χ2v) is 3.97. The van der Waals surface area contributed by atoms with Crippen LogP contribution in [0.4, 0.5) is 8.78 Å². The van der Waals surface area contributed by atoms with Gasteiger partial charge in [0.15, 0.2) is 0 Å². The van der Waals surface area contributed by atoms with Crippen molar-refractivity contribution in [1.29, 1.82) is 0 Å². The Bertz CT molecular complexity index is 161. The summed E-state index contributed by atoms with van der Waals surface area (Å²) in [5, 5.41) is 3.25. The van der Waals surface area contributed by atoms with Crippen molar-refractivity contribution in [2.24, 2.45) is 0 Å². The number of alkyl halides is 2. The minimum absolute atomic E-state index is 0.297. The molecule has 0 bridgehead atoms. The number of rotatable bonds is 1. The molecule has 1 N–H and O–H groups in total. The molecule has 0 spiro atoms. The molecule has 0 aliphatic carbocycles. The first-order valence-electron chi connectivity index (χ1n) is 5.00. The quantitative estimate of drug-likeness (QED) is 0.655. The maximum Gasteiger partial charge on any atom is 0.145 e. The maximum atomic E-state index is 12.9. The van der Waals surface area contributed by atoms with E-state index in [-0.39, 0.29) is 0 Å². The number of nitrogens with zero attached hydrogens (tertiary/aromatic N) is 1. The Morgan fingerprint density at radius 2 is 1.54 bits per heavy atom. The molecule has 0 aromatic heterocycles. The highest BCUT2D eigenvalue weighted by Gasteiger charge is 2.36. The molecule has 2 heterocycles. The molecule has 2 rings (SSSR count). The zero-order valence-electron chi connectivity index (χ0n) is 7.68. The molecule has 0 aromatic carbocycles. The topological polar surface area (TPSA) is 15.3 Å². The van der Waals surface area contributed by atoms with E-state index in [0.29, 0.717) is 19.1 Å². The highest BCUT2D eigenvalue weighted by atomic mass is 19.2. The van der Waals surface area contributed by atoms with E-state index >= 15 is 0 Å². The Hall–Kier alpha value is -0.220. The van der Waals surface area contributed by atoms with E-state index in [4.69, 9.17) is 0 Å². The summed E-state index contributed by atoms with van der Waals surface area (Å²) in [4.78, 5) is 1.97. The highest BCUT2D eigenvalue weighted by molar-refractivity contribution is 4.89. The van der Waals surface area contributed by atoms with Crippen LogP contribution in [-0.4, -0.2) is 49.5 Å². The molecule has 2 aliphatic rings. The van der Waals surface area contributed by atoms with Gasteiger partial charge in [-0.15, -0.1) is 0 Å². The number of halogens is 2. The maximum absolute atomic E-state index is 12.9. The fraction of sp³-hybridized carbons (Fsp3) is 1.00. The van der Waals surface area contributed by atoms with Gasteiger partial charge in [0.2, 0.25) is 0 Å². The van der Waals surface area contributed by atoms with Gasteiger partial charge in [-0.3, -0.25) is 4.90 Å². The third-order valence-corrected chi connectivity index (χ3v) is 3.04. The zero-order chi connectivity index (χ0) is 9.26. The van der Waals surface area contributed by atoms with Gasteiger partial charge in [-0.25, -0.2) is 8.78 Å². The first kappa shape index (κ1) is 9.34. The van der Waals surface area contributed by atoms with Crippen molar-refractivity contribution in [1.82, 2.24) is 10.2 Å². The molecule has 4 heteroatoms. The van der Waals surface area contributed by atoms with E-state index in [1.807, 2.05) is 4.90 Å². The van der Waals surface area contributed by atoms with E-state index in [0.717, 1.165) is 25.9 Å². The van der Waals surface area contributed by atoms with Gasteiger partial charge >= 0.3 is 0 Å². The van der Waals surface area contributed by atoms with Gasteiger partial charge in [-0.2, -0.15) is 0 Å². The van der Waals surface area contributed by atoms with Crippen molar-refractivity contribution in [3.05, 3.63) is 0 Å². The summed E-state index contributed by atoms with van der Waals surface area (Å²) in [6.45, 7) is 2.56. The summed E-state index contributed by atoms with van der Waals surface area (Å²) in [6.07, 6.45) is -0.455. The molecule has 2 nitrogen and oxygen atoms in total. The molecule has 2 unspecified atom stereocenters. The lowest BCUT2D eigenvalue weighted by atomic mass is 10.1. The van der Waals surface area contributed by atoms with Crippen molar-refractivity contribution >= 4 is 0 Å². The molecule has 0 saturated carbocycles. The molecular weight excluding hydrogens is 174 g/mol. The van der Waals surface area contributed by atoms with Crippen LogP contribution in [0.5, 0.6) is 0 Å². The third-order valence-electron chi connectivity index (χ3n) is 3.04. The van der Waals surface area contributed by atoms with Crippen molar-refractivity contribution < 1.29 is 8.78 Å². The third kappa shape index (κ3) is 1.99. The van der Waals surface area contributed by atoms with Crippen molar-refractivity contribution in [3.63, 3.8) is 0 Å². The molecule has 2 aliphatic heterocycles. The van der Waals surface area contributed by atoms with Gasteiger partial charge in [-0.1, -0.05) is 0 Å². The van der Waals surface area contributed by atoms with Crippen LogP contribution >= 0.6 is 0 Å². The zero-order valence-corrected chi connectivity index (χ0v) is 7.68. The molecule has 2 atom stereocenters. The van der Waals surface area contributed by atoms with Gasteiger partial charge in [-0.05, 0) is 25.9 Å². The fourth-order valence-electron chi connectivity index (χ4n) is 2.22. The summed E-state index contributed by atoms with van der Waals surface area (Å²) < 4.78 is 25.8. The monoisotopic (exact) mass is 190 g/mol. The Morgan fingerprint density at radius 3 is 2.08 bits per heavy atom. The summed E-state index contributed by atoms with van der Waals surface area (Å²) >= 11 is 0. The largest absolute Gasteiger partial charge is 0.317 e. The standard InChI is InChI=1S/C9H16F2N2/c10-8-5-13(6-9(8)11)7-1-3-12-4-2-7/h7-9,12H,1-6H2. The molecule has 0 aromatic rings. The molecule has 2 saturated heterocycles. The number of likely N-dealkylation sites (tertiary alicyclic amines) is 1. The van der Waals surface area contributed by atoms with E-state index in [1.54, 1.807) is 0 Å². The summed E-state index contributed by atoms with van der Waals surface area (Å²) in [5.74, 6) is 0. The first-order chi connectivity index (χ1) is 6.27. The summed E-state index contributed by atoms with van der Waals surface area (Å²) in [5.41, 5.74) is 0. The molecule has 0 radical (unpaired) electrons. The first-order valence-corrected chi connectivity index (χ1v) is 5.00. The summed E-state index contributed by atoms with van der Waals surface area (Å²) in [7, 11) is 0. The van der Waals surface area contributed by atoms with Crippen molar-refractivity contribution in [2.45, 2.75) is 31.2 Å².